The molecule has 3 heterocycles. The van der Waals surface area contributed by atoms with Crippen molar-refractivity contribution in [1.29, 1.82) is 0 Å². The quantitative estimate of drug-likeness (QED) is 0.294. The predicted molar refractivity (Wildman–Crippen MR) is 131 cm³/mol. The third kappa shape index (κ3) is 4.05. The van der Waals surface area contributed by atoms with Crippen molar-refractivity contribution < 1.29 is 13.2 Å². The third-order valence-electron chi connectivity index (χ3n) is 5.63. The number of hydrogen-bond donors (Lipinski definition) is 1. The first kappa shape index (κ1) is 21.7. The lowest BCUT2D eigenvalue weighted by atomic mass is 10.0. The predicted octanol–water partition coefficient (Wildman–Crippen LogP) is 6.87. The number of hydrogen-bond acceptors (Lipinski definition) is 3. The monoisotopic (exact) mass is 525 g/mol. The van der Waals surface area contributed by atoms with Crippen molar-refractivity contribution in [3.8, 4) is 11.3 Å². The van der Waals surface area contributed by atoms with Crippen molar-refractivity contribution in [3.05, 3.63) is 106 Å². The van der Waals surface area contributed by atoms with Crippen LogP contribution in [0.4, 0.5) is 14.5 Å². The molecule has 8 heteroatoms. The summed E-state index contributed by atoms with van der Waals surface area (Å²) in [6.45, 7) is 1.71. The van der Waals surface area contributed by atoms with Crippen LogP contribution < -0.4 is 10.2 Å². The fourth-order valence-corrected chi connectivity index (χ4v) is 4.73. The fourth-order valence-electron chi connectivity index (χ4n) is 4.05. The molecule has 5 rings (SSSR count). The van der Waals surface area contributed by atoms with Crippen molar-refractivity contribution in [1.82, 2.24) is 10.3 Å². The lowest BCUT2D eigenvalue weighted by Gasteiger charge is -2.26. The van der Waals surface area contributed by atoms with Crippen molar-refractivity contribution in [2.24, 2.45) is 0 Å². The third-order valence-corrected chi connectivity index (χ3v) is 6.44. The van der Waals surface area contributed by atoms with Gasteiger partial charge < -0.3 is 14.6 Å². The Balaban J connectivity index is 1.61. The van der Waals surface area contributed by atoms with Gasteiger partial charge in [-0.3, -0.25) is 4.98 Å². The maximum Gasteiger partial charge on any atom is 0.174 e. The van der Waals surface area contributed by atoms with E-state index in [1.54, 1.807) is 43.5 Å². The lowest BCUT2D eigenvalue weighted by molar-refractivity contribution is 0.438. The molecule has 0 unspecified atom stereocenters. The van der Waals surface area contributed by atoms with E-state index in [0.717, 1.165) is 11.4 Å². The summed E-state index contributed by atoms with van der Waals surface area (Å²) >= 11 is 8.95. The first-order valence-electron chi connectivity index (χ1n) is 10.2. The van der Waals surface area contributed by atoms with Crippen LogP contribution in [0, 0.1) is 18.6 Å². The van der Waals surface area contributed by atoms with Crippen LogP contribution in [0.1, 0.15) is 29.1 Å². The number of aryl methyl sites for hydroxylation is 1. The van der Waals surface area contributed by atoms with Gasteiger partial charge in [-0.2, -0.15) is 0 Å². The molecular weight excluding hydrogens is 508 g/mol. The van der Waals surface area contributed by atoms with Gasteiger partial charge in [-0.15, -0.1) is 0 Å². The highest BCUT2D eigenvalue weighted by Gasteiger charge is 2.42. The van der Waals surface area contributed by atoms with Gasteiger partial charge in [-0.1, -0.05) is 22.0 Å². The number of anilines is 1. The average molecular weight is 526 g/mol. The number of furan rings is 1. The molecule has 0 spiro atoms. The largest absolute Gasteiger partial charge is 0.459 e. The number of thiocarbonyl (C=S) groups is 1. The maximum absolute atomic E-state index is 14.6. The Hall–Kier alpha value is -3.10. The topological polar surface area (TPSA) is 41.3 Å². The number of nitrogens with one attached hydrogen (secondary N) is 1. The average Bonchev–Trinajstić information content (AvgIpc) is 3.41. The molecule has 1 N–H and O–H groups in total. The van der Waals surface area contributed by atoms with Gasteiger partial charge in [0.2, 0.25) is 0 Å². The smallest absolute Gasteiger partial charge is 0.174 e. The number of nitrogens with zero attached hydrogens (tertiary/aromatic N) is 2. The van der Waals surface area contributed by atoms with E-state index >= 15 is 0 Å². The zero-order valence-electron chi connectivity index (χ0n) is 17.4. The summed E-state index contributed by atoms with van der Waals surface area (Å²) in [6, 6.07) is 18.1. The Kier molecular flexibility index (Phi) is 5.72. The number of pyridine rings is 1. The van der Waals surface area contributed by atoms with Crippen molar-refractivity contribution >= 4 is 38.9 Å². The van der Waals surface area contributed by atoms with Crippen molar-refractivity contribution in [2.45, 2.75) is 19.0 Å². The number of aromatic nitrogens is 1. The Morgan fingerprint density at radius 3 is 2.61 bits per heavy atom. The zero-order valence-corrected chi connectivity index (χ0v) is 19.8. The Bertz CT molecular complexity index is 1340. The van der Waals surface area contributed by atoms with Crippen LogP contribution in [0.2, 0.25) is 0 Å². The van der Waals surface area contributed by atoms with Crippen LogP contribution in [0.25, 0.3) is 11.3 Å². The summed E-state index contributed by atoms with van der Waals surface area (Å²) in [5.74, 6) is 0.304. The minimum Gasteiger partial charge on any atom is -0.459 e. The highest BCUT2D eigenvalue weighted by molar-refractivity contribution is 9.10. The molecule has 166 valence electrons. The van der Waals surface area contributed by atoms with Gasteiger partial charge in [0, 0.05) is 16.4 Å². The molecule has 1 fully saturated rings. The van der Waals surface area contributed by atoms with Gasteiger partial charge in [-0.25, -0.2) is 8.78 Å². The normalized spacial score (nSPS) is 17.9. The Morgan fingerprint density at radius 2 is 1.88 bits per heavy atom. The Morgan fingerprint density at radius 1 is 1.03 bits per heavy atom. The first-order chi connectivity index (χ1) is 15.9. The van der Waals surface area contributed by atoms with E-state index in [0.29, 0.717) is 32.2 Å². The summed E-state index contributed by atoms with van der Waals surface area (Å²) in [5, 5.41) is 3.80. The molecule has 0 bridgehead atoms. The SMILES string of the molecule is Cc1cc(N2C(=S)N[C@H](c3ccccn3)[C@@H]2c2ccc(-c3ccc(Br)cc3F)o2)ccc1F. The minimum atomic E-state index is -0.412. The molecule has 0 amide bonds. The highest BCUT2D eigenvalue weighted by atomic mass is 79.9. The van der Waals surface area contributed by atoms with Crippen LogP contribution in [0.15, 0.2) is 81.8 Å². The standard InChI is InChI=1S/C25H18BrF2N3OS/c1-14-12-16(6-8-18(14)27)31-24(23(30-25(31)33)20-4-2-3-11-29-20)22-10-9-21(32-22)17-7-5-15(26)13-19(17)28/h2-13,23-24H,1H3,(H,30,33)/t23-,24+/m1/s1. The second-order valence-corrected chi connectivity index (χ2v) is 9.06. The van der Waals surface area contributed by atoms with E-state index in [2.05, 4.69) is 26.2 Å². The van der Waals surface area contributed by atoms with Gasteiger partial charge in [0.25, 0.3) is 0 Å². The molecule has 2 atom stereocenters. The van der Waals surface area contributed by atoms with Gasteiger partial charge in [0.1, 0.15) is 29.2 Å². The summed E-state index contributed by atoms with van der Waals surface area (Å²) in [4.78, 5) is 6.39. The zero-order chi connectivity index (χ0) is 23.1. The summed E-state index contributed by atoms with van der Waals surface area (Å²) in [6.07, 6.45) is 1.71. The van der Waals surface area contributed by atoms with Gasteiger partial charge in [0.05, 0.1) is 17.3 Å². The van der Waals surface area contributed by atoms with E-state index in [9.17, 15) is 8.78 Å². The van der Waals surface area contributed by atoms with Crippen LogP contribution in [0.3, 0.4) is 0 Å². The lowest BCUT2D eigenvalue weighted by Crippen LogP contribution is -2.29. The molecule has 2 aromatic heterocycles. The van der Waals surface area contributed by atoms with Crippen LogP contribution in [0.5, 0.6) is 0 Å². The molecule has 2 aromatic carbocycles. The highest BCUT2D eigenvalue weighted by Crippen LogP contribution is 2.43. The Labute approximate surface area is 203 Å². The van der Waals surface area contributed by atoms with E-state index in [1.165, 1.54) is 12.1 Å². The van der Waals surface area contributed by atoms with Crippen molar-refractivity contribution in [3.63, 3.8) is 0 Å². The van der Waals surface area contributed by atoms with Gasteiger partial charge >= 0.3 is 0 Å². The fraction of sp³-hybridized carbons (Fsp3) is 0.120. The van der Waals surface area contributed by atoms with E-state index in [1.807, 2.05) is 29.2 Å². The summed E-state index contributed by atoms with van der Waals surface area (Å²) in [5.41, 5.74) is 2.37. The molecule has 33 heavy (non-hydrogen) atoms. The molecule has 4 aromatic rings. The van der Waals surface area contributed by atoms with Gasteiger partial charge in [0.15, 0.2) is 5.11 Å². The second kappa shape index (κ2) is 8.68. The molecular formula is C25H18BrF2N3OS. The number of benzene rings is 2. The molecule has 4 nitrogen and oxygen atoms in total. The number of halogens is 3. The van der Waals surface area contributed by atoms with E-state index < -0.39 is 11.9 Å². The molecule has 0 aliphatic carbocycles. The summed E-state index contributed by atoms with van der Waals surface area (Å²) in [7, 11) is 0. The molecule has 0 radical (unpaired) electrons. The number of rotatable bonds is 4. The second-order valence-electron chi connectivity index (χ2n) is 7.76. The first-order valence-corrected chi connectivity index (χ1v) is 11.4. The van der Waals surface area contributed by atoms with Gasteiger partial charge in [-0.05, 0) is 85.4 Å². The van der Waals surface area contributed by atoms with Crippen LogP contribution >= 0.6 is 28.1 Å². The minimum absolute atomic E-state index is 0.291. The molecule has 1 aliphatic rings. The molecule has 0 saturated carbocycles. The van der Waals surface area contributed by atoms with Crippen LogP contribution in [-0.4, -0.2) is 10.1 Å². The van der Waals surface area contributed by atoms with E-state index in [-0.39, 0.29) is 11.9 Å². The maximum atomic E-state index is 14.6. The van der Waals surface area contributed by atoms with E-state index in [4.69, 9.17) is 16.6 Å². The van der Waals surface area contributed by atoms with Crippen LogP contribution in [-0.2, 0) is 0 Å². The molecule has 1 aliphatic heterocycles. The molecule has 1 saturated heterocycles. The summed E-state index contributed by atoms with van der Waals surface area (Å²) < 4.78 is 35.4. The van der Waals surface area contributed by atoms with Crippen molar-refractivity contribution in [2.75, 3.05) is 4.90 Å².